The zero-order valence-electron chi connectivity index (χ0n) is 19.1. The second-order valence-corrected chi connectivity index (χ2v) is 7.52. The third-order valence-corrected chi connectivity index (χ3v) is 5.42. The molecule has 0 fully saturated rings. The number of anilines is 2. The number of carbonyl (C=O) groups excluding carboxylic acids is 1. The molecule has 4 rings (SSSR count). The topological polar surface area (TPSA) is 158 Å². The molecule has 0 aliphatic heterocycles. The number of hydrogen-bond acceptors (Lipinski definition) is 10. The van der Waals surface area contributed by atoms with Crippen LogP contribution in [0.2, 0.25) is 0 Å². The predicted octanol–water partition coefficient (Wildman–Crippen LogP) is 0.707. The van der Waals surface area contributed by atoms with Crippen molar-refractivity contribution in [2.45, 2.75) is 18.3 Å². The highest BCUT2D eigenvalue weighted by molar-refractivity contribution is 5.97. The van der Waals surface area contributed by atoms with Gasteiger partial charge in [-0.1, -0.05) is 24.3 Å². The number of nitrogens with one attached hydrogen (secondary N) is 3. The molecule has 3 heterocycles. The van der Waals surface area contributed by atoms with Crippen molar-refractivity contribution < 1.29 is 9.53 Å². The quantitative estimate of drug-likeness (QED) is 0.351. The second-order valence-electron chi connectivity index (χ2n) is 7.52. The smallest absolute Gasteiger partial charge is 0.273 e. The second kappa shape index (κ2) is 9.77. The first-order valence-corrected chi connectivity index (χ1v) is 10.5. The van der Waals surface area contributed by atoms with Crippen LogP contribution in [0.5, 0.6) is 0 Å². The lowest BCUT2D eigenvalue weighted by molar-refractivity contribution is 0.0583. The van der Waals surface area contributed by atoms with E-state index in [1.807, 2.05) is 30.4 Å². The molecule has 0 radical (unpaired) electrons. The molecule has 0 saturated carbocycles. The molecule has 1 aliphatic rings. The largest absolute Gasteiger partial charge is 0.372 e. The van der Waals surface area contributed by atoms with E-state index < -0.39 is 11.8 Å². The fraction of sp³-hybridized carbons (Fsp3) is 0.273. The molecule has 3 aromatic heterocycles. The number of amides is 1. The molecule has 12 nitrogen and oxygen atoms in total. The van der Waals surface area contributed by atoms with Crippen LogP contribution in [0.25, 0.3) is 5.57 Å². The van der Waals surface area contributed by atoms with Crippen LogP contribution in [0.4, 0.5) is 11.5 Å². The maximum atomic E-state index is 12.4. The first-order valence-electron chi connectivity index (χ1n) is 10.5. The zero-order valence-corrected chi connectivity index (χ0v) is 19.1. The molecule has 3 aromatic rings. The summed E-state index contributed by atoms with van der Waals surface area (Å²) in [5.41, 5.74) is 6.72. The maximum Gasteiger partial charge on any atom is 0.273 e. The number of aryl methyl sites for hydroxylation is 1. The molecule has 5 N–H and O–H groups in total. The lowest BCUT2D eigenvalue weighted by Gasteiger charge is -2.42. The van der Waals surface area contributed by atoms with E-state index >= 15 is 0 Å². The third kappa shape index (κ3) is 4.36. The van der Waals surface area contributed by atoms with Crippen molar-refractivity contribution >= 4 is 23.0 Å². The summed E-state index contributed by atoms with van der Waals surface area (Å²) < 4.78 is 7.76. The number of ether oxygens (including phenoxy) is 1. The number of pyridine rings is 1. The minimum absolute atomic E-state index is 0.154. The van der Waals surface area contributed by atoms with Crippen molar-refractivity contribution in [3.8, 4) is 0 Å². The summed E-state index contributed by atoms with van der Waals surface area (Å²) in [4.78, 5) is 21.3. The van der Waals surface area contributed by atoms with Gasteiger partial charge in [-0.25, -0.2) is 9.97 Å². The molecule has 0 aromatic carbocycles. The number of allylic oxidation sites excluding steroid dienone is 2. The van der Waals surface area contributed by atoms with E-state index in [1.165, 1.54) is 13.2 Å². The Labute approximate surface area is 196 Å². The molecule has 2 unspecified atom stereocenters. The summed E-state index contributed by atoms with van der Waals surface area (Å²) in [6.07, 6.45) is 10.5. The first kappa shape index (κ1) is 23.0. The Kier molecular flexibility index (Phi) is 6.61. The molecular formula is C22H26N10O2. The van der Waals surface area contributed by atoms with Crippen molar-refractivity contribution in [2.75, 3.05) is 24.8 Å². The standard InChI is InChI=1S/C22H26N10O2/c1-24-21(33)19-16(9-10-27-30-19)28-17-6-4-5-15(20-26-13-32(2)31-20)22(17,34-3)29-18-8-7-14(11-23)12-25-18/h4-10,12-13,17H,11,23H2,1-3H3,(H,24,33)(H,25,29)(H,27,28). The lowest BCUT2D eigenvalue weighted by Crippen LogP contribution is -2.56. The van der Waals surface area contributed by atoms with Gasteiger partial charge < -0.3 is 26.4 Å². The average Bonchev–Trinajstić information content (AvgIpc) is 3.31. The van der Waals surface area contributed by atoms with Gasteiger partial charge in [0.05, 0.1) is 23.5 Å². The van der Waals surface area contributed by atoms with Gasteiger partial charge >= 0.3 is 0 Å². The highest BCUT2D eigenvalue weighted by atomic mass is 16.5. The van der Waals surface area contributed by atoms with E-state index in [9.17, 15) is 4.79 Å². The van der Waals surface area contributed by atoms with Crippen molar-refractivity contribution in [3.05, 3.63) is 72.2 Å². The van der Waals surface area contributed by atoms with Crippen LogP contribution in [0.3, 0.4) is 0 Å². The van der Waals surface area contributed by atoms with Gasteiger partial charge in [0, 0.05) is 33.9 Å². The Morgan fingerprint density at radius 3 is 2.79 bits per heavy atom. The number of hydrogen-bond donors (Lipinski definition) is 4. The average molecular weight is 463 g/mol. The maximum absolute atomic E-state index is 12.4. The Hall–Kier alpha value is -4.16. The summed E-state index contributed by atoms with van der Waals surface area (Å²) in [5.74, 6) is 0.667. The normalized spacial score (nSPS) is 19.4. The van der Waals surface area contributed by atoms with Gasteiger partial charge in [-0.3, -0.25) is 9.48 Å². The summed E-state index contributed by atoms with van der Waals surface area (Å²) in [5, 5.41) is 21.7. The Balaban J connectivity index is 1.79. The van der Waals surface area contributed by atoms with Crippen molar-refractivity contribution in [1.29, 1.82) is 0 Å². The number of aromatic nitrogens is 6. The molecule has 176 valence electrons. The highest BCUT2D eigenvalue weighted by Crippen LogP contribution is 2.37. The Morgan fingerprint density at radius 2 is 2.15 bits per heavy atom. The van der Waals surface area contributed by atoms with Crippen LogP contribution in [0.1, 0.15) is 21.9 Å². The van der Waals surface area contributed by atoms with Crippen molar-refractivity contribution in [3.63, 3.8) is 0 Å². The summed E-state index contributed by atoms with van der Waals surface area (Å²) >= 11 is 0. The van der Waals surface area contributed by atoms with Gasteiger partial charge in [-0.05, 0) is 17.7 Å². The summed E-state index contributed by atoms with van der Waals surface area (Å²) in [6, 6.07) is 4.87. The van der Waals surface area contributed by atoms with Gasteiger partial charge in [0.15, 0.2) is 17.2 Å². The molecule has 2 atom stereocenters. The Morgan fingerprint density at radius 1 is 1.29 bits per heavy atom. The highest BCUT2D eigenvalue weighted by Gasteiger charge is 2.46. The van der Waals surface area contributed by atoms with E-state index in [2.05, 4.69) is 41.2 Å². The molecule has 12 heteroatoms. The van der Waals surface area contributed by atoms with Crippen LogP contribution in [-0.2, 0) is 18.3 Å². The third-order valence-electron chi connectivity index (χ3n) is 5.42. The summed E-state index contributed by atoms with van der Waals surface area (Å²) in [7, 11) is 4.90. The number of rotatable bonds is 8. The Bertz CT molecular complexity index is 1220. The number of carbonyl (C=O) groups is 1. The lowest BCUT2D eigenvalue weighted by atomic mass is 9.88. The summed E-state index contributed by atoms with van der Waals surface area (Å²) in [6.45, 7) is 0.385. The molecule has 0 bridgehead atoms. The molecule has 1 amide bonds. The minimum Gasteiger partial charge on any atom is -0.372 e. The van der Waals surface area contributed by atoms with E-state index in [1.54, 1.807) is 37.4 Å². The van der Waals surface area contributed by atoms with E-state index in [0.717, 1.165) is 5.56 Å². The molecule has 34 heavy (non-hydrogen) atoms. The van der Waals surface area contributed by atoms with E-state index in [0.29, 0.717) is 29.4 Å². The molecular weight excluding hydrogens is 436 g/mol. The van der Waals surface area contributed by atoms with Gasteiger partial charge in [0.2, 0.25) is 0 Å². The first-order chi connectivity index (χ1) is 16.5. The van der Waals surface area contributed by atoms with Crippen LogP contribution in [0.15, 0.2) is 55.1 Å². The van der Waals surface area contributed by atoms with Crippen LogP contribution in [0, 0.1) is 0 Å². The number of nitrogens with zero attached hydrogens (tertiary/aromatic N) is 6. The monoisotopic (exact) mass is 462 g/mol. The van der Waals surface area contributed by atoms with E-state index in [4.69, 9.17) is 10.5 Å². The van der Waals surface area contributed by atoms with Gasteiger partial charge in [0.25, 0.3) is 5.91 Å². The van der Waals surface area contributed by atoms with Crippen molar-refractivity contribution in [2.24, 2.45) is 12.8 Å². The number of methoxy groups -OCH3 is 1. The predicted molar refractivity (Wildman–Crippen MR) is 126 cm³/mol. The van der Waals surface area contributed by atoms with E-state index in [-0.39, 0.29) is 11.6 Å². The minimum atomic E-state index is -1.20. The van der Waals surface area contributed by atoms with Gasteiger partial charge in [-0.2, -0.15) is 10.2 Å². The van der Waals surface area contributed by atoms with Crippen LogP contribution >= 0.6 is 0 Å². The van der Waals surface area contributed by atoms with Crippen LogP contribution < -0.4 is 21.7 Å². The number of nitrogens with two attached hydrogens (primary N) is 1. The fourth-order valence-corrected chi connectivity index (χ4v) is 3.69. The van der Waals surface area contributed by atoms with Crippen molar-refractivity contribution in [1.82, 2.24) is 35.3 Å². The fourth-order valence-electron chi connectivity index (χ4n) is 3.69. The van der Waals surface area contributed by atoms with Gasteiger partial charge in [0.1, 0.15) is 12.1 Å². The SMILES string of the molecule is CNC(=O)c1nnccc1NC1C=CC=C(c2ncn(C)n2)C1(Nc1ccc(CN)cn1)OC. The molecule has 1 aliphatic carbocycles. The molecule has 0 saturated heterocycles. The molecule has 0 spiro atoms. The van der Waals surface area contributed by atoms with Gasteiger partial charge in [-0.15, -0.1) is 5.10 Å². The van der Waals surface area contributed by atoms with Crippen LogP contribution in [-0.4, -0.2) is 61.8 Å². The zero-order chi connectivity index (χ0) is 24.1.